The molecule has 30 heavy (non-hydrogen) atoms. The molecule has 0 aromatic carbocycles. The first kappa shape index (κ1) is 20.9. The van der Waals surface area contributed by atoms with Crippen LogP contribution in [0.15, 0.2) is 39.3 Å². The second kappa shape index (κ2) is 10.1. The highest BCUT2D eigenvalue weighted by Crippen LogP contribution is 2.25. The summed E-state index contributed by atoms with van der Waals surface area (Å²) in [6, 6.07) is 6.27. The van der Waals surface area contributed by atoms with Gasteiger partial charge in [-0.3, -0.25) is 9.69 Å². The highest BCUT2D eigenvalue weighted by molar-refractivity contribution is 7.10. The lowest BCUT2D eigenvalue weighted by Gasteiger charge is -2.27. The standard InChI is InChI=1S/C22H31N5O2S/c1-2-23-22(24-14-18(19-6-5-12-29-19)26-9-3-4-10-26)25-15-21(28)27-11-7-20-17(16-27)8-13-30-20/h5-6,8,12-13,18H,2-4,7,9-11,14-16H2,1H3,(H2,23,24,25). The van der Waals surface area contributed by atoms with Crippen molar-refractivity contribution >= 4 is 23.2 Å². The Bertz CT molecular complexity index is 842. The molecular weight excluding hydrogens is 398 g/mol. The van der Waals surface area contributed by atoms with Crippen LogP contribution in [-0.4, -0.2) is 60.9 Å². The van der Waals surface area contributed by atoms with Crippen molar-refractivity contribution in [3.63, 3.8) is 0 Å². The monoisotopic (exact) mass is 429 g/mol. The van der Waals surface area contributed by atoms with Gasteiger partial charge in [-0.1, -0.05) is 0 Å². The fraction of sp³-hybridized carbons (Fsp3) is 0.545. The van der Waals surface area contributed by atoms with Crippen molar-refractivity contribution in [1.29, 1.82) is 0 Å². The van der Waals surface area contributed by atoms with E-state index in [-0.39, 0.29) is 18.5 Å². The lowest BCUT2D eigenvalue weighted by atomic mass is 10.1. The molecule has 2 aromatic rings. The van der Waals surface area contributed by atoms with E-state index >= 15 is 0 Å². The molecule has 2 N–H and O–H groups in total. The third-order valence-electron chi connectivity index (χ3n) is 5.79. The van der Waals surface area contributed by atoms with Gasteiger partial charge in [0.2, 0.25) is 5.91 Å². The number of amides is 1. The summed E-state index contributed by atoms with van der Waals surface area (Å²) in [4.78, 5) is 23.1. The zero-order valence-electron chi connectivity index (χ0n) is 17.6. The van der Waals surface area contributed by atoms with Gasteiger partial charge in [0.15, 0.2) is 5.96 Å². The highest BCUT2D eigenvalue weighted by atomic mass is 32.1. The summed E-state index contributed by atoms with van der Waals surface area (Å²) in [7, 11) is 0. The molecule has 1 amide bonds. The average molecular weight is 430 g/mol. The van der Waals surface area contributed by atoms with Gasteiger partial charge in [-0.25, -0.2) is 4.99 Å². The van der Waals surface area contributed by atoms with Gasteiger partial charge in [0, 0.05) is 31.1 Å². The van der Waals surface area contributed by atoms with E-state index in [1.165, 1.54) is 23.3 Å². The molecule has 2 aromatic heterocycles. The fourth-order valence-electron chi connectivity index (χ4n) is 4.19. The van der Waals surface area contributed by atoms with Crippen LogP contribution in [0.2, 0.25) is 0 Å². The molecular formula is C22H31N5O2S. The molecule has 4 heterocycles. The van der Waals surface area contributed by atoms with Crippen molar-refractivity contribution < 1.29 is 9.21 Å². The molecule has 7 nitrogen and oxygen atoms in total. The number of guanidine groups is 1. The molecule has 162 valence electrons. The summed E-state index contributed by atoms with van der Waals surface area (Å²) in [5.74, 6) is 1.72. The number of nitrogens with zero attached hydrogens (tertiary/aromatic N) is 3. The van der Waals surface area contributed by atoms with E-state index in [0.29, 0.717) is 19.0 Å². The maximum atomic E-state index is 12.7. The van der Waals surface area contributed by atoms with Gasteiger partial charge in [0.1, 0.15) is 12.3 Å². The average Bonchev–Trinajstić information content (AvgIpc) is 3.54. The number of fused-ring (bicyclic) bond motifs is 1. The third-order valence-corrected chi connectivity index (χ3v) is 6.82. The van der Waals surface area contributed by atoms with Gasteiger partial charge >= 0.3 is 0 Å². The lowest BCUT2D eigenvalue weighted by Crippen LogP contribution is -2.43. The van der Waals surface area contributed by atoms with Crippen LogP contribution in [-0.2, 0) is 17.8 Å². The van der Waals surface area contributed by atoms with Crippen molar-refractivity contribution in [2.45, 2.75) is 38.8 Å². The van der Waals surface area contributed by atoms with Gasteiger partial charge in [-0.05, 0) is 68.4 Å². The number of carbonyl (C=O) groups excluding carboxylic acids is 1. The number of hydrogen-bond donors (Lipinski definition) is 2. The smallest absolute Gasteiger partial charge is 0.244 e. The summed E-state index contributed by atoms with van der Waals surface area (Å²) in [6.45, 7) is 7.27. The Morgan fingerprint density at radius 3 is 2.90 bits per heavy atom. The van der Waals surface area contributed by atoms with Gasteiger partial charge in [-0.2, -0.15) is 0 Å². The SMILES string of the molecule is CCNC(=NCC(=O)N1CCc2sccc2C1)NCC(c1ccco1)N1CCCC1. The van der Waals surface area contributed by atoms with Crippen molar-refractivity contribution in [2.75, 3.05) is 39.3 Å². The van der Waals surface area contributed by atoms with Crippen LogP contribution >= 0.6 is 11.3 Å². The topological polar surface area (TPSA) is 73.1 Å². The first-order chi connectivity index (χ1) is 14.7. The van der Waals surface area contributed by atoms with Crippen molar-refractivity contribution in [3.05, 3.63) is 46.0 Å². The molecule has 1 saturated heterocycles. The number of furan rings is 1. The molecule has 8 heteroatoms. The Balaban J connectivity index is 1.35. The first-order valence-corrected chi connectivity index (χ1v) is 11.7. The molecule has 1 unspecified atom stereocenters. The number of carbonyl (C=O) groups is 1. The van der Waals surface area contributed by atoms with E-state index < -0.39 is 0 Å². The lowest BCUT2D eigenvalue weighted by molar-refractivity contribution is -0.130. The van der Waals surface area contributed by atoms with Crippen molar-refractivity contribution in [3.8, 4) is 0 Å². The molecule has 0 saturated carbocycles. The van der Waals surface area contributed by atoms with Crippen LogP contribution in [0.4, 0.5) is 0 Å². The number of nitrogens with one attached hydrogen (secondary N) is 2. The van der Waals surface area contributed by atoms with Crippen LogP contribution in [0.3, 0.4) is 0 Å². The number of rotatable bonds is 7. The summed E-state index contributed by atoms with van der Waals surface area (Å²) >= 11 is 1.79. The molecule has 0 bridgehead atoms. The van der Waals surface area contributed by atoms with Gasteiger partial charge < -0.3 is 20.0 Å². The Kier molecular flexibility index (Phi) is 7.07. The van der Waals surface area contributed by atoms with Gasteiger partial charge in [0.25, 0.3) is 0 Å². The molecule has 0 radical (unpaired) electrons. The second-order valence-electron chi connectivity index (χ2n) is 7.78. The minimum absolute atomic E-state index is 0.0752. The Labute approximate surface area is 182 Å². The largest absolute Gasteiger partial charge is 0.468 e. The van der Waals surface area contributed by atoms with E-state index in [4.69, 9.17) is 4.42 Å². The van der Waals surface area contributed by atoms with E-state index in [0.717, 1.165) is 38.4 Å². The third kappa shape index (κ3) is 5.05. The van der Waals surface area contributed by atoms with Crippen LogP contribution in [0.25, 0.3) is 0 Å². The van der Waals surface area contributed by atoms with E-state index in [1.807, 2.05) is 24.0 Å². The van der Waals surface area contributed by atoms with Crippen LogP contribution < -0.4 is 10.6 Å². The van der Waals surface area contributed by atoms with Crippen LogP contribution in [0.5, 0.6) is 0 Å². The van der Waals surface area contributed by atoms with Gasteiger partial charge in [-0.15, -0.1) is 11.3 Å². The molecule has 2 aliphatic heterocycles. The Hall–Kier alpha value is -2.32. The molecule has 1 atom stereocenters. The molecule has 2 aliphatic rings. The maximum absolute atomic E-state index is 12.7. The molecule has 1 fully saturated rings. The summed E-state index contributed by atoms with van der Waals surface area (Å²) in [6.07, 6.45) is 5.12. The Morgan fingerprint density at radius 1 is 1.27 bits per heavy atom. The number of aliphatic imine (C=N–C) groups is 1. The first-order valence-electron chi connectivity index (χ1n) is 10.9. The molecule has 4 rings (SSSR count). The zero-order valence-corrected chi connectivity index (χ0v) is 18.4. The van der Waals surface area contributed by atoms with E-state index in [2.05, 4.69) is 32.0 Å². The van der Waals surface area contributed by atoms with E-state index in [1.54, 1.807) is 17.6 Å². The van der Waals surface area contributed by atoms with Crippen molar-refractivity contribution in [1.82, 2.24) is 20.4 Å². The molecule has 0 spiro atoms. The Morgan fingerprint density at radius 2 is 2.13 bits per heavy atom. The zero-order chi connectivity index (χ0) is 20.8. The van der Waals surface area contributed by atoms with Crippen LogP contribution in [0, 0.1) is 0 Å². The number of hydrogen-bond acceptors (Lipinski definition) is 5. The van der Waals surface area contributed by atoms with Crippen LogP contribution in [0.1, 0.15) is 42.0 Å². The van der Waals surface area contributed by atoms with Crippen molar-refractivity contribution in [2.24, 2.45) is 4.99 Å². The minimum atomic E-state index is 0.0752. The minimum Gasteiger partial charge on any atom is -0.468 e. The highest BCUT2D eigenvalue weighted by Gasteiger charge is 2.26. The number of thiophene rings is 1. The second-order valence-corrected chi connectivity index (χ2v) is 8.79. The summed E-state index contributed by atoms with van der Waals surface area (Å²) < 4.78 is 5.70. The predicted octanol–water partition coefficient (Wildman–Crippen LogP) is 2.62. The quantitative estimate of drug-likeness (QED) is 0.523. The predicted molar refractivity (Wildman–Crippen MR) is 120 cm³/mol. The summed E-state index contributed by atoms with van der Waals surface area (Å²) in [5, 5.41) is 8.80. The number of likely N-dealkylation sites (tertiary alicyclic amines) is 1. The fourth-order valence-corrected chi connectivity index (χ4v) is 5.08. The van der Waals surface area contributed by atoms with E-state index in [9.17, 15) is 4.79 Å². The maximum Gasteiger partial charge on any atom is 0.244 e. The molecule has 0 aliphatic carbocycles. The van der Waals surface area contributed by atoms with Gasteiger partial charge in [0.05, 0.1) is 12.3 Å². The summed E-state index contributed by atoms with van der Waals surface area (Å²) in [5.41, 5.74) is 1.28. The normalized spacial score (nSPS) is 18.3.